The van der Waals surface area contributed by atoms with Crippen LogP contribution in [0.5, 0.6) is 11.5 Å². The topological polar surface area (TPSA) is 52.6 Å². The standard InChI is InChI=1S/C26H30Br2O4/c1-3-5-7-9-15-31-25-19(27)13-11-17-21(25)23(29)18-12-14-20(28)26(22(18)24(17)30)32-16-10-8-6-4-2/h11-14H,3-10,15-16H2,1-2H3. The Hall–Kier alpha value is -1.66. The van der Waals surface area contributed by atoms with Crippen molar-refractivity contribution >= 4 is 43.4 Å². The molecule has 172 valence electrons. The third-order valence-electron chi connectivity index (χ3n) is 5.65. The van der Waals surface area contributed by atoms with Gasteiger partial charge in [-0.25, -0.2) is 0 Å². The van der Waals surface area contributed by atoms with E-state index < -0.39 is 0 Å². The maximum absolute atomic E-state index is 13.5. The van der Waals surface area contributed by atoms with E-state index in [9.17, 15) is 9.59 Å². The molecule has 0 heterocycles. The molecule has 6 heteroatoms. The first-order valence-corrected chi connectivity index (χ1v) is 13.1. The van der Waals surface area contributed by atoms with E-state index in [1.54, 1.807) is 24.3 Å². The van der Waals surface area contributed by atoms with E-state index >= 15 is 0 Å². The van der Waals surface area contributed by atoms with Gasteiger partial charge >= 0.3 is 0 Å². The molecule has 0 atom stereocenters. The average Bonchev–Trinajstić information content (AvgIpc) is 2.78. The summed E-state index contributed by atoms with van der Waals surface area (Å²) in [4.78, 5) is 27.0. The van der Waals surface area contributed by atoms with E-state index in [1.807, 2.05) is 0 Å². The molecule has 0 N–H and O–H groups in total. The van der Waals surface area contributed by atoms with Gasteiger partial charge in [-0.15, -0.1) is 0 Å². The summed E-state index contributed by atoms with van der Waals surface area (Å²) in [5.74, 6) is 0.492. The summed E-state index contributed by atoms with van der Waals surface area (Å²) in [5, 5.41) is 0. The van der Waals surface area contributed by atoms with Crippen molar-refractivity contribution in [2.24, 2.45) is 0 Å². The minimum atomic E-state index is -0.206. The van der Waals surface area contributed by atoms with E-state index in [4.69, 9.17) is 9.47 Å². The maximum Gasteiger partial charge on any atom is 0.198 e. The molecule has 0 aliphatic heterocycles. The van der Waals surface area contributed by atoms with Crippen LogP contribution in [0.4, 0.5) is 0 Å². The zero-order valence-corrected chi connectivity index (χ0v) is 21.9. The number of ketones is 2. The van der Waals surface area contributed by atoms with Gasteiger partial charge in [-0.2, -0.15) is 0 Å². The second-order valence-electron chi connectivity index (χ2n) is 8.07. The number of halogens is 2. The fourth-order valence-electron chi connectivity index (χ4n) is 3.90. The lowest BCUT2D eigenvalue weighted by Crippen LogP contribution is -2.23. The van der Waals surface area contributed by atoms with Crippen LogP contribution in [0.15, 0.2) is 33.2 Å². The van der Waals surface area contributed by atoms with Gasteiger partial charge in [0, 0.05) is 11.1 Å². The van der Waals surface area contributed by atoms with E-state index in [0.717, 1.165) is 51.4 Å². The minimum Gasteiger partial charge on any atom is -0.492 e. The van der Waals surface area contributed by atoms with Gasteiger partial charge < -0.3 is 9.47 Å². The van der Waals surface area contributed by atoms with Gasteiger partial charge in [0.15, 0.2) is 11.6 Å². The monoisotopic (exact) mass is 564 g/mol. The number of hydrogen-bond donors (Lipinski definition) is 0. The fourth-order valence-corrected chi connectivity index (χ4v) is 4.79. The average molecular weight is 566 g/mol. The van der Waals surface area contributed by atoms with Crippen molar-refractivity contribution in [3.05, 3.63) is 55.5 Å². The highest BCUT2D eigenvalue weighted by Crippen LogP contribution is 2.42. The molecular formula is C26H30Br2O4. The summed E-state index contributed by atoms with van der Waals surface area (Å²) in [6, 6.07) is 6.94. The highest BCUT2D eigenvalue weighted by molar-refractivity contribution is 9.10. The fraction of sp³-hybridized carbons (Fsp3) is 0.462. The molecule has 0 bridgehead atoms. The third kappa shape index (κ3) is 5.45. The molecule has 3 rings (SSSR count). The number of benzene rings is 2. The lowest BCUT2D eigenvalue weighted by atomic mass is 9.83. The molecule has 0 fully saturated rings. The van der Waals surface area contributed by atoms with Crippen molar-refractivity contribution in [3.8, 4) is 11.5 Å². The van der Waals surface area contributed by atoms with Crippen LogP contribution >= 0.6 is 31.9 Å². The summed E-state index contributed by atoms with van der Waals surface area (Å²) in [6.07, 6.45) is 8.56. The second-order valence-corrected chi connectivity index (χ2v) is 9.78. The predicted octanol–water partition coefficient (Wildman–Crippen LogP) is 7.91. The third-order valence-corrected chi connectivity index (χ3v) is 6.90. The number of unbranched alkanes of at least 4 members (excludes halogenated alkanes) is 6. The van der Waals surface area contributed by atoms with E-state index in [-0.39, 0.29) is 11.6 Å². The van der Waals surface area contributed by atoms with Crippen molar-refractivity contribution in [1.29, 1.82) is 0 Å². The van der Waals surface area contributed by atoms with Gasteiger partial charge in [-0.3, -0.25) is 9.59 Å². The molecule has 1 aliphatic rings. The van der Waals surface area contributed by atoms with Gasteiger partial charge in [-0.05, 0) is 69.0 Å². The first-order chi connectivity index (χ1) is 15.5. The van der Waals surface area contributed by atoms with Crippen LogP contribution < -0.4 is 9.47 Å². The van der Waals surface area contributed by atoms with E-state index in [2.05, 4.69) is 45.7 Å². The number of ether oxygens (including phenoxy) is 2. The predicted molar refractivity (Wildman–Crippen MR) is 134 cm³/mol. The molecule has 0 amide bonds. The lowest BCUT2D eigenvalue weighted by molar-refractivity contribution is 0.0971. The smallest absolute Gasteiger partial charge is 0.198 e. The lowest BCUT2D eigenvalue weighted by Gasteiger charge is -2.23. The number of carbonyl (C=O) groups is 2. The first kappa shape index (κ1) is 25.0. The van der Waals surface area contributed by atoms with Crippen LogP contribution in [0.1, 0.15) is 97.1 Å². The Bertz CT molecular complexity index is 905. The zero-order chi connectivity index (χ0) is 23.1. The highest BCUT2D eigenvalue weighted by atomic mass is 79.9. The molecular weight excluding hydrogens is 536 g/mol. The Morgan fingerprint density at radius 3 is 1.41 bits per heavy atom. The van der Waals surface area contributed by atoms with Crippen LogP contribution in [-0.4, -0.2) is 24.8 Å². The van der Waals surface area contributed by atoms with Crippen molar-refractivity contribution in [2.45, 2.75) is 65.2 Å². The summed E-state index contributed by atoms with van der Waals surface area (Å²) >= 11 is 7.01. The summed E-state index contributed by atoms with van der Waals surface area (Å²) < 4.78 is 13.4. The van der Waals surface area contributed by atoms with Crippen LogP contribution in [0.2, 0.25) is 0 Å². The highest BCUT2D eigenvalue weighted by Gasteiger charge is 2.36. The largest absolute Gasteiger partial charge is 0.492 e. The van der Waals surface area contributed by atoms with Crippen LogP contribution in [0.25, 0.3) is 0 Å². The Balaban J connectivity index is 1.91. The van der Waals surface area contributed by atoms with Crippen LogP contribution in [-0.2, 0) is 0 Å². The Kier molecular flexibility index (Phi) is 9.35. The first-order valence-electron chi connectivity index (χ1n) is 11.5. The molecule has 32 heavy (non-hydrogen) atoms. The van der Waals surface area contributed by atoms with E-state index in [0.29, 0.717) is 55.9 Å². The van der Waals surface area contributed by atoms with Gasteiger partial charge in [0.25, 0.3) is 0 Å². The Labute approximate surface area is 207 Å². The van der Waals surface area contributed by atoms with Gasteiger partial charge in [0.1, 0.15) is 11.5 Å². The molecule has 0 unspecified atom stereocenters. The number of fused-ring (bicyclic) bond motifs is 2. The molecule has 0 aromatic heterocycles. The molecule has 0 spiro atoms. The van der Waals surface area contributed by atoms with Crippen molar-refractivity contribution < 1.29 is 19.1 Å². The molecule has 0 saturated carbocycles. The van der Waals surface area contributed by atoms with Gasteiger partial charge in [-0.1, -0.05) is 52.4 Å². The van der Waals surface area contributed by atoms with Crippen molar-refractivity contribution in [2.75, 3.05) is 13.2 Å². The van der Waals surface area contributed by atoms with Crippen LogP contribution in [0, 0.1) is 0 Å². The van der Waals surface area contributed by atoms with Crippen LogP contribution in [0.3, 0.4) is 0 Å². The molecule has 0 saturated heterocycles. The maximum atomic E-state index is 13.5. The van der Waals surface area contributed by atoms with Crippen molar-refractivity contribution in [3.63, 3.8) is 0 Å². The Morgan fingerprint density at radius 2 is 1.03 bits per heavy atom. The minimum absolute atomic E-state index is 0.206. The second kappa shape index (κ2) is 12.0. The summed E-state index contributed by atoms with van der Waals surface area (Å²) in [5.41, 5.74) is 1.40. The quantitative estimate of drug-likeness (QED) is 0.209. The molecule has 2 aromatic carbocycles. The number of rotatable bonds is 12. The normalized spacial score (nSPS) is 12.5. The summed E-state index contributed by atoms with van der Waals surface area (Å²) in [6.45, 7) is 5.34. The summed E-state index contributed by atoms with van der Waals surface area (Å²) in [7, 11) is 0. The SMILES string of the molecule is CCCCCCOc1c(Br)ccc2c1C(=O)c1ccc(Br)c(OCCCCCC)c1C2=O. The number of carbonyl (C=O) groups excluding carboxylic acids is 2. The molecule has 2 aromatic rings. The molecule has 1 aliphatic carbocycles. The van der Waals surface area contributed by atoms with Crippen molar-refractivity contribution in [1.82, 2.24) is 0 Å². The molecule has 0 radical (unpaired) electrons. The Morgan fingerprint density at radius 1 is 0.625 bits per heavy atom. The van der Waals surface area contributed by atoms with E-state index in [1.165, 1.54) is 0 Å². The van der Waals surface area contributed by atoms with Gasteiger partial charge in [0.05, 0.1) is 33.3 Å². The molecule has 4 nitrogen and oxygen atoms in total. The number of hydrogen-bond acceptors (Lipinski definition) is 4. The van der Waals surface area contributed by atoms with Gasteiger partial charge in [0.2, 0.25) is 0 Å². The zero-order valence-electron chi connectivity index (χ0n) is 18.8.